The fourth-order valence-electron chi connectivity index (χ4n) is 2.85. The van der Waals surface area contributed by atoms with Crippen molar-refractivity contribution in [3.63, 3.8) is 0 Å². The maximum atomic E-state index is 12.3. The van der Waals surface area contributed by atoms with Crippen LogP contribution in [-0.4, -0.2) is 37.6 Å². The summed E-state index contributed by atoms with van der Waals surface area (Å²) in [6.45, 7) is 0.491. The topological polar surface area (TPSA) is 96.5 Å². The van der Waals surface area contributed by atoms with Crippen LogP contribution in [0.1, 0.15) is 39.0 Å². The van der Waals surface area contributed by atoms with Gasteiger partial charge in [-0.05, 0) is 37.8 Å². The summed E-state index contributed by atoms with van der Waals surface area (Å²) >= 11 is 1.53. The SMILES string of the molecule is O=C(NCCc1nc(-c2cccnc2)n[nH]1)c1nc2c(s1)CCCC2. The Bertz CT molecular complexity index is 849. The van der Waals surface area contributed by atoms with E-state index in [0.717, 1.165) is 29.9 Å². The first-order valence-corrected chi connectivity index (χ1v) is 9.20. The van der Waals surface area contributed by atoms with Crippen molar-refractivity contribution in [3.8, 4) is 11.4 Å². The first-order valence-electron chi connectivity index (χ1n) is 8.38. The number of amides is 1. The van der Waals surface area contributed by atoms with Crippen LogP contribution in [0.25, 0.3) is 11.4 Å². The maximum Gasteiger partial charge on any atom is 0.280 e. The summed E-state index contributed by atoms with van der Waals surface area (Å²) in [4.78, 5) is 26.5. The second-order valence-corrected chi connectivity index (χ2v) is 7.03. The molecule has 0 spiro atoms. The van der Waals surface area contributed by atoms with E-state index in [2.05, 4.69) is 30.5 Å². The average Bonchev–Trinajstić information content (AvgIpc) is 3.29. The fraction of sp³-hybridized carbons (Fsp3) is 0.353. The van der Waals surface area contributed by atoms with E-state index >= 15 is 0 Å². The van der Waals surface area contributed by atoms with Crippen LogP contribution in [0, 0.1) is 0 Å². The molecule has 0 saturated heterocycles. The molecule has 25 heavy (non-hydrogen) atoms. The summed E-state index contributed by atoms with van der Waals surface area (Å²) in [7, 11) is 0. The molecule has 1 aliphatic carbocycles. The van der Waals surface area contributed by atoms with Gasteiger partial charge in [-0.3, -0.25) is 14.9 Å². The molecule has 1 amide bonds. The molecule has 4 rings (SSSR count). The zero-order valence-electron chi connectivity index (χ0n) is 13.7. The van der Waals surface area contributed by atoms with Gasteiger partial charge in [0.2, 0.25) is 0 Å². The Morgan fingerprint density at radius 3 is 3.04 bits per heavy atom. The number of nitrogens with zero attached hydrogens (tertiary/aromatic N) is 4. The van der Waals surface area contributed by atoms with Crippen LogP contribution < -0.4 is 5.32 Å². The van der Waals surface area contributed by atoms with E-state index in [-0.39, 0.29) is 5.91 Å². The van der Waals surface area contributed by atoms with Crippen molar-refractivity contribution < 1.29 is 4.79 Å². The van der Waals surface area contributed by atoms with Gasteiger partial charge in [-0.1, -0.05) is 0 Å². The molecule has 8 heteroatoms. The van der Waals surface area contributed by atoms with E-state index in [0.29, 0.717) is 23.8 Å². The number of aryl methyl sites for hydroxylation is 2. The molecule has 0 fully saturated rings. The first-order chi connectivity index (χ1) is 12.3. The van der Waals surface area contributed by atoms with E-state index in [1.165, 1.54) is 29.1 Å². The molecule has 0 bridgehead atoms. The smallest absolute Gasteiger partial charge is 0.280 e. The summed E-state index contributed by atoms with van der Waals surface area (Å²) in [6, 6.07) is 3.76. The quantitative estimate of drug-likeness (QED) is 0.732. The van der Waals surface area contributed by atoms with Gasteiger partial charge in [-0.25, -0.2) is 9.97 Å². The Labute approximate surface area is 149 Å². The van der Waals surface area contributed by atoms with Crippen molar-refractivity contribution in [2.75, 3.05) is 6.54 Å². The molecule has 3 heterocycles. The average molecular weight is 354 g/mol. The number of nitrogens with one attached hydrogen (secondary N) is 2. The summed E-state index contributed by atoms with van der Waals surface area (Å²) < 4.78 is 0. The predicted molar refractivity (Wildman–Crippen MR) is 94.4 cm³/mol. The molecule has 0 aliphatic heterocycles. The van der Waals surface area contributed by atoms with Crippen LogP contribution >= 0.6 is 11.3 Å². The number of thiazole rings is 1. The summed E-state index contributed by atoms with van der Waals surface area (Å²) in [5, 5.41) is 10.6. The van der Waals surface area contributed by atoms with Crippen LogP contribution in [0.4, 0.5) is 0 Å². The molecular formula is C17H18N6OS. The van der Waals surface area contributed by atoms with Gasteiger partial charge in [0.05, 0.1) is 5.69 Å². The second-order valence-electron chi connectivity index (χ2n) is 5.95. The third kappa shape index (κ3) is 3.58. The molecule has 0 saturated carbocycles. The molecule has 3 aromatic rings. The third-order valence-electron chi connectivity index (χ3n) is 4.14. The molecular weight excluding hydrogens is 336 g/mol. The lowest BCUT2D eigenvalue weighted by Crippen LogP contribution is -2.25. The predicted octanol–water partition coefficient (Wildman–Crippen LogP) is 2.17. The Balaban J connectivity index is 1.32. The summed E-state index contributed by atoms with van der Waals surface area (Å²) in [5.41, 5.74) is 1.97. The zero-order chi connectivity index (χ0) is 17.1. The molecule has 128 valence electrons. The molecule has 3 aromatic heterocycles. The highest BCUT2D eigenvalue weighted by Crippen LogP contribution is 2.26. The van der Waals surface area contributed by atoms with Gasteiger partial charge in [0.1, 0.15) is 5.82 Å². The summed E-state index contributed by atoms with van der Waals surface area (Å²) in [6.07, 6.45) is 8.43. The number of rotatable bonds is 5. The highest BCUT2D eigenvalue weighted by molar-refractivity contribution is 7.13. The van der Waals surface area contributed by atoms with E-state index in [1.54, 1.807) is 12.4 Å². The highest BCUT2D eigenvalue weighted by atomic mass is 32.1. The van der Waals surface area contributed by atoms with E-state index in [4.69, 9.17) is 0 Å². The number of aromatic nitrogens is 5. The van der Waals surface area contributed by atoms with Crippen molar-refractivity contribution in [1.29, 1.82) is 0 Å². The van der Waals surface area contributed by atoms with Gasteiger partial charge in [0.25, 0.3) is 5.91 Å². The van der Waals surface area contributed by atoms with E-state index in [1.807, 2.05) is 12.1 Å². The van der Waals surface area contributed by atoms with Crippen molar-refractivity contribution in [1.82, 2.24) is 30.5 Å². The standard InChI is InChI=1S/C17H18N6OS/c24-16(17-20-12-5-1-2-6-13(12)25-17)19-9-7-14-21-15(23-22-14)11-4-3-8-18-10-11/h3-4,8,10H,1-2,5-7,9H2,(H,19,24)(H,21,22,23). The van der Waals surface area contributed by atoms with Crippen molar-refractivity contribution in [2.45, 2.75) is 32.1 Å². The van der Waals surface area contributed by atoms with Crippen LogP contribution in [0.3, 0.4) is 0 Å². The lowest BCUT2D eigenvalue weighted by molar-refractivity contribution is 0.0953. The molecule has 1 aliphatic rings. The summed E-state index contributed by atoms with van der Waals surface area (Å²) in [5.74, 6) is 1.24. The van der Waals surface area contributed by atoms with E-state index < -0.39 is 0 Å². The van der Waals surface area contributed by atoms with Crippen LogP contribution in [0.5, 0.6) is 0 Å². The van der Waals surface area contributed by atoms with Gasteiger partial charge >= 0.3 is 0 Å². The zero-order valence-corrected chi connectivity index (χ0v) is 14.5. The maximum absolute atomic E-state index is 12.3. The van der Waals surface area contributed by atoms with Gasteiger partial charge < -0.3 is 5.32 Å². The number of hydrogen-bond acceptors (Lipinski definition) is 6. The minimum Gasteiger partial charge on any atom is -0.350 e. The minimum absolute atomic E-state index is 0.105. The third-order valence-corrected chi connectivity index (χ3v) is 5.29. The lowest BCUT2D eigenvalue weighted by atomic mass is 10.0. The van der Waals surface area contributed by atoms with E-state index in [9.17, 15) is 4.79 Å². The highest BCUT2D eigenvalue weighted by Gasteiger charge is 2.18. The number of fused-ring (bicyclic) bond motifs is 1. The number of H-pyrrole nitrogens is 1. The second kappa shape index (κ2) is 7.10. The van der Waals surface area contributed by atoms with Crippen LogP contribution in [0.2, 0.25) is 0 Å². The molecule has 0 aromatic carbocycles. The number of carbonyl (C=O) groups is 1. The number of pyridine rings is 1. The van der Waals surface area contributed by atoms with Gasteiger partial charge in [-0.15, -0.1) is 11.3 Å². The number of carbonyl (C=O) groups excluding carboxylic acids is 1. The Kier molecular flexibility index (Phi) is 4.51. The minimum atomic E-state index is -0.105. The fourth-order valence-corrected chi connectivity index (χ4v) is 3.92. The Morgan fingerprint density at radius 1 is 1.28 bits per heavy atom. The largest absolute Gasteiger partial charge is 0.350 e. The van der Waals surface area contributed by atoms with Gasteiger partial charge in [0, 0.05) is 35.8 Å². The van der Waals surface area contributed by atoms with Crippen LogP contribution in [-0.2, 0) is 19.3 Å². The normalized spacial score (nSPS) is 13.4. The number of hydrogen-bond donors (Lipinski definition) is 2. The van der Waals surface area contributed by atoms with Crippen molar-refractivity contribution in [2.24, 2.45) is 0 Å². The Hall–Kier alpha value is -2.61. The monoisotopic (exact) mass is 354 g/mol. The molecule has 2 N–H and O–H groups in total. The Morgan fingerprint density at radius 2 is 2.20 bits per heavy atom. The molecule has 0 unspecified atom stereocenters. The molecule has 0 radical (unpaired) electrons. The lowest BCUT2D eigenvalue weighted by Gasteiger charge is -2.06. The van der Waals surface area contributed by atoms with Crippen molar-refractivity contribution in [3.05, 3.63) is 45.9 Å². The van der Waals surface area contributed by atoms with Crippen LogP contribution in [0.15, 0.2) is 24.5 Å². The number of aromatic amines is 1. The van der Waals surface area contributed by atoms with Gasteiger partial charge in [0.15, 0.2) is 10.8 Å². The van der Waals surface area contributed by atoms with Gasteiger partial charge in [-0.2, -0.15) is 5.10 Å². The first kappa shape index (κ1) is 15.9. The molecule has 0 atom stereocenters. The van der Waals surface area contributed by atoms with Crippen molar-refractivity contribution >= 4 is 17.2 Å². The molecule has 7 nitrogen and oxygen atoms in total.